The molecule has 0 heterocycles. The number of rotatable bonds is 2. The van der Waals surface area contributed by atoms with E-state index < -0.39 is 9.33 Å². The van der Waals surface area contributed by atoms with Crippen LogP contribution in [0.3, 0.4) is 0 Å². The highest BCUT2D eigenvalue weighted by Gasteiger charge is 2.09. The zero-order chi connectivity index (χ0) is 9.19. The van der Waals surface area contributed by atoms with Gasteiger partial charge < -0.3 is 4.18 Å². The van der Waals surface area contributed by atoms with Crippen LogP contribution < -0.4 is 4.18 Å². The van der Waals surface area contributed by atoms with Crippen LogP contribution in [0.15, 0.2) is 24.3 Å². The van der Waals surface area contributed by atoms with E-state index in [2.05, 4.69) is 4.18 Å². The molecule has 0 amide bonds. The van der Waals surface area contributed by atoms with Crippen molar-refractivity contribution in [1.29, 1.82) is 0 Å². The van der Waals surface area contributed by atoms with Crippen LogP contribution in [0.4, 0.5) is 0 Å². The van der Waals surface area contributed by atoms with Crippen molar-refractivity contribution in [3.63, 3.8) is 0 Å². The van der Waals surface area contributed by atoms with Crippen LogP contribution in [0.2, 0.25) is 5.02 Å². The molecule has 0 unspecified atom stereocenters. The Balaban J connectivity index is 2.98. The molecule has 1 aromatic rings. The molecule has 0 aliphatic carbocycles. The largest absolute Gasteiger partial charge is 0.401 e. The first-order chi connectivity index (χ1) is 5.49. The van der Waals surface area contributed by atoms with Gasteiger partial charge in [-0.1, -0.05) is 23.7 Å². The van der Waals surface area contributed by atoms with Gasteiger partial charge in [-0.15, -0.1) is 0 Å². The van der Waals surface area contributed by atoms with Crippen molar-refractivity contribution in [2.75, 3.05) is 0 Å². The highest BCUT2D eigenvalue weighted by atomic mass is 35.7. The number of hydrogen-bond acceptors (Lipinski definition) is 3. The van der Waals surface area contributed by atoms with Gasteiger partial charge in [0.15, 0.2) is 5.75 Å². The molecule has 0 bridgehead atoms. The first kappa shape index (κ1) is 9.64. The van der Waals surface area contributed by atoms with Crippen LogP contribution in [0, 0.1) is 0 Å². The van der Waals surface area contributed by atoms with E-state index in [0.717, 1.165) is 0 Å². The molecule has 0 fully saturated rings. The Morgan fingerprint density at radius 3 is 2.33 bits per heavy atom. The summed E-state index contributed by atoms with van der Waals surface area (Å²) >= 11 is 5.58. The van der Waals surface area contributed by atoms with Crippen LogP contribution in [0.25, 0.3) is 0 Å². The standard InChI is InChI=1S/C6H4Cl2O3S/c7-5-3-1-2-4-6(5)11-12(8,9)10/h1-4H. The van der Waals surface area contributed by atoms with Crippen LogP contribution >= 0.6 is 22.3 Å². The third-order valence-corrected chi connectivity index (χ3v) is 1.91. The number of para-hydroxylation sites is 1. The zero-order valence-electron chi connectivity index (χ0n) is 5.70. The second-order valence-corrected chi connectivity index (χ2v) is 4.40. The van der Waals surface area contributed by atoms with Crippen LogP contribution in [-0.2, 0) is 9.33 Å². The van der Waals surface area contributed by atoms with Gasteiger partial charge in [0.2, 0.25) is 0 Å². The van der Waals surface area contributed by atoms with Crippen LogP contribution in [-0.4, -0.2) is 8.42 Å². The molecule has 66 valence electrons. The fourth-order valence-electron chi connectivity index (χ4n) is 0.620. The first-order valence-electron chi connectivity index (χ1n) is 2.87. The Morgan fingerprint density at radius 2 is 1.83 bits per heavy atom. The summed E-state index contributed by atoms with van der Waals surface area (Å²) in [4.78, 5) is 0. The second-order valence-electron chi connectivity index (χ2n) is 1.91. The average Bonchev–Trinajstić information content (AvgIpc) is 1.91. The molecular weight excluding hydrogens is 223 g/mol. The minimum Gasteiger partial charge on any atom is -0.369 e. The molecule has 0 saturated heterocycles. The number of halogens is 2. The lowest BCUT2D eigenvalue weighted by Gasteiger charge is -2.01. The summed E-state index contributed by atoms with van der Waals surface area (Å²) < 4.78 is 25.2. The third-order valence-electron chi connectivity index (χ3n) is 1.03. The minimum atomic E-state index is -4.01. The Kier molecular flexibility index (Phi) is 2.82. The average molecular weight is 227 g/mol. The molecule has 0 saturated carbocycles. The summed E-state index contributed by atoms with van der Waals surface area (Å²) in [5.41, 5.74) is 0. The quantitative estimate of drug-likeness (QED) is 0.727. The van der Waals surface area contributed by atoms with Gasteiger partial charge in [0, 0.05) is 0 Å². The van der Waals surface area contributed by atoms with E-state index in [1.165, 1.54) is 12.1 Å². The summed E-state index contributed by atoms with van der Waals surface area (Å²) in [6, 6.07) is 6.14. The van der Waals surface area contributed by atoms with E-state index in [4.69, 9.17) is 22.3 Å². The molecule has 1 rings (SSSR count). The maximum Gasteiger partial charge on any atom is 0.401 e. The van der Waals surface area contributed by atoms with Gasteiger partial charge in [0.05, 0.1) is 15.7 Å². The van der Waals surface area contributed by atoms with E-state index in [9.17, 15) is 8.42 Å². The molecule has 3 nitrogen and oxygen atoms in total. The summed E-state index contributed by atoms with van der Waals surface area (Å²) in [6.45, 7) is 0. The second kappa shape index (κ2) is 3.51. The zero-order valence-corrected chi connectivity index (χ0v) is 8.03. The Labute approximate surface area is 79.5 Å². The van der Waals surface area contributed by atoms with E-state index in [1.807, 2.05) is 0 Å². The smallest absolute Gasteiger partial charge is 0.369 e. The molecule has 6 heteroatoms. The van der Waals surface area contributed by atoms with Gasteiger partial charge in [-0.2, -0.15) is 8.42 Å². The lowest BCUT2D eigenvalue weighted by molar-refractivity contribution is 0.503. The number of benzene rings is 1. The molecule has 0 spiro atoms. The van der Waals surface area contributed by atoms with Crippen molar-refractivity contribution in [2.45, 2.75) is 0 Å². The first-order valence-corrected chi connectivity index (χ1v) is 5.49. The van der Waals surface area contributed by atoms with Crippen molar-refractivity contribution >= 4 is 31.6 Å². The van der Waals surface area contributed by atoms with Gasteiger partial charge in [-0.05, 0) is 12.1 Å². The van der Waals surface area contributed by atoms with Gasteiger partial charge in [-0.3, -0.25) is 0 Å². The molecule has 0 N–H and O–H groups in total. The molecule has 0 atom stereocenters. The van der Waals surface area contributed by atoms with E-state index >= 15 is 0 Å². The van der Waals surface area contributed by atoms with Gasteiger partial charge >= 0.3 is 9.33 Å². The molecule has 0 aliphatic heterocycles. The molecule has 0 radical (unpaired) electrons. The minimum absolute atomic E-state index is 0.0224. The normalized spacial score (nSPS) is 11.2. The Hall–Kier alpha value is -0.450. The summed E-state index contributed by atoms with van der Waals surface area (Å²) in [5.74, 6) is 0.0224. The van der Waals surface area contributed by atoms with Crippen molar-refractivity contribution < 1.29 is 12.6 Å². The fourth-order valence-corrected chi connectivity index (χ4v) is 1.40. The van der Waals surface area contributed by atoms with Gasteiger partial charge in [-0.25, -0.2) is 0 Å². The fraction of sp³-hybridized carbons (Fsp3) is 0. The maximum absolute atomic E-state index is 10.4. The van der Waals surface area contributed by atoms with E-state index in [-0.39, 0.29) is 10.8 Å². The highest BCUT2D eigenvalue weighted by Crippen LogP contribution is 2.25. The van der Waals surface area contributed by atoms with Crippen molar-refractivity contribution in [3.8, 4) is 5.75 Å². The van der Waals surface area contributed by atoms with Crippen LogP contribution in [0.5, 0.6) is 5.75 Å². The maximum atomic E-state index is 10.4. The highest BCUT2D eigenvalue weighted by molar-refractivity contribution is 8.10. The lowest BCUT2D eigenvalue weighted by Crippen LogP contribution is -1.99. The topological polar surface area (TPSA) is 43.4 Å². The van der Waals surface area contributed by atoms with Gasteiger partial charge in [0.25, 0.3) is 0 Å². The molecule has 0 aromatic heterocycles. The van der Waals surface area contributed by atoms with E-state index in [0.29, 0.717) is 0 Å². The van der Waals surface area contributed by atoms with Crippen LogP contribution in [0.1, 0.15) is 0 Å². The molecule has 1 aromatic carbocycles. The predicted molar refractivity (Wildman–Crippen MR) is 46.9 cm³/mol. The van der Waals surface area contributed by atoms with Crippen molar-refractivity contribution in [1.82, 2.24) is 0 Å². The Morgan fingerprint density at radius 1 is 1.25 bits per heavy atom. The summed E-state index contributed by atoms with van der Waals surface area (Å²) in [5, 5.41) is 0.196. The Bertz CT molecular complexity index is 374. The predicted octanol–water partition coefficient (Wildman–Crippen LogP) is 2.20. The van der Waals surface area contributed by atoms with Crippen molar-refractivity contribution in [3.05, 3.63) is 29.3 Å². The summed E-state index contributed by atoms with van der Waals surface area (Å²) in [6.07, 6.45) is 0. The number of hydrogen-bond donors (Lipinski definition) is 0. The molecule has 0 aliphatic rings. The summed E-state index contributed by atoms with van der Waals surface area (Å²) in [7, 11) is 0.819. The lowest BCUT2D eigenvalue weighted by atomic mass is 10.3. The molecule has 12 heavy (non-hydrogen) atoms. The SMILES string of the molecule is O=S(=O)(Cl)Oc1ccccc1Cl. The third kappa shape index (κ3) is 2.89. The van der Waals surface area contributed by atoms with E-state index in [1.54, 1.807) is 12.1 Å². The monoisotopic (exact) mass is 226 g/mol. The molecular formula is C6H4Cl2O3S. The van der Waals surface area contributed by atoms with Crippen molar-refractivity contribution in [2.24, 2.45) is 0 Å². The van der Waals surface area contributed by atoms with Gasteiger partial charge in [0.1, 0.15) is 0 Å².